The van der Waals surface area contributed by atoms with E-state index in [0.29, 0.717) is 18.4 Å². The molecule has 126 valence electrons. The van der Waals surface area contributed by atoms with Gasteiger partial charge >= 0.3 is 5.97 Å². The minimum absolute atomic E-state index is 0.195. The van der Waals surface area contributed by atoms with Crippen molar-refractivity contribution in [1.82, 2.24) is 5.32 Å². The molecule has 1 atom stereocenters. The Bertz CT molecular complexity index is 710. The van der Waals surface area contributed by atoms with Gasteiger partial charge in [-0.3, -0.25) is 4.79 Å². The largest absolute Gasteiger partial charge is 0.480 e. The van der Waals surface area contributed by atoms with Crippen LogP contribution < -0.4 is 5.32 Å². The van der Waals surface area contributed by atoms with E-state index in [2.05, 4.69) is 5.32 Å². The Kier molecular flexibility index (Phi) is 4.74. The van der Waals surface area contributed by atoms with Gasteiger partial charge in [-0.2, -0.15) is 0 Å². The second-order valence-electron chi connectivity index (χ2n) is 5.87. The molecule has 2 N–H and O–H groups in total. The Morgan fingerprint density at radius 3 is 2.30 bits per heavy atom. The predicted octanol–water partition coefficient (Wildman–Crippen LogP) is 0.861. The lowest BCUT2D eigenvalue weighted by Gasteiger charge is -2.20. The van der Waals surface area contributed by atoms with Crippen molar-refractivity contribution in [2.45, 2.75) is 30.7 Å². The third-order valence-corrected chi connectivity index (χ3v) is 4.94. The minimum atomic E-state index is -3.32. The monoisotopic (exact) mass is 343 g/mol. The first kappa shape index (κ1) is 17.4. The van der Waals surface area contributed by atoms with Crippen molar-refractivity contribution in [1.29, 1.82) is 0 Å². The Morgan fingerprint density at radius 2 is 1.87 bits per heavy atom. The summed E-state index contributed by atoms with van der Waals surface area (Å²) in [5.74, 6) is -2.49. The normalized spacial score (nSPS) is 17.3. The lowest BCUT2D eigenvalue weighted by molar-refractivity contribution is -0.142. The molecule has 1 aliphatic carbocycles. The Hall–Kier alpha value is -1.96. The molecule has 0 saturated heterocycles. The highest BCUT2D eigenvalue weighted by atomic mass is 32.2. The van der Waals surface area contributed by atoms with Crippen molar-refractivity contribution in [2.24, 2.45) is 0 Å². The molecule has 0 radical (unpaired) electrons. The van der Waals surface area contributed by atoms with Gasteiger partial charge in [-0.15, -0.1) is 0 Å². The number of nitrogens with one attached hydrogen (secondary N) is 1. The Morgan fingerprint density at radius 1 is 1.30 bits per heavy atom. The number of rotatable bonds is 7. The second kappa shape index (κ2) is 6.27. The Labute approximate surface area is 133 Å². The summed E-state index contributed by atoms with van der Waals surface area (Å²) in [6, 6.07) is 4.25. The van der Waals surface area contributed by atoms with Crippen molar-refractivity contribution in [3.63, 3.8) is 0 Å². The van der Waals surface area contributed by atoms with Gasteiger partial charge in [0.2, 0.25) is 5.91 Å². The third-order valence-electron chi connectivity index (χ3n) is 3.96. The highest BCUT2D eigenvalue weighted by molar-refractivity contribution is 7.90. The number of aliphatic carboxylic acids is 1. The van der Waals surface area contributed by atoms with Crippen molar-refractivity contribution in [3.8, 4) is 0 Å². The van der Waals surface area contributed by atoms with Crippen LogP contribution in [0.15, 0.2) is 24.3 Å². The smallest absolute Gasteiger partial charge is 0.326 e. The second-order valence-corrected chi connectivity index (χ2v) is 8.13. The molecule has 0 bridgehead atoms. The van der Waals surface area contributed by atoms with Gasteiger partial charge in [-0.1, -0.05) is 12.1 Å². The van der Waals surface area contributed by atoms with E-state index in [1.165, 1.54) is 24.3 Å². The summed E-state index contributed by atoms with van der Waals surface area (Å²) in [6.07, 6.45) is 1.90. The molecule has 1 fully saturated rings. The fourth-order valence-electron chi connectivity index (χ4n) is 2.43. The van der Waals surface area contributed by atoms with E-state index in [9.17, 15) is 22.4 Å². The lowest BCUT2D eigenvalue weighted by atomic mass is 9.94. The van der Waals surface area contributed by atoms with Gasteiger partial charge < -0.3 is 10.4 Å². The molecule has 2 rings (SSSR count). The molecule has 0 aliphatic heterocycles. The maximum Gasteiger partial charge on any atom is 0.326 e. The Balaban J connectivity index is 2.09. The number of carbonyl (C=O) groups excluding carboxylic acids is 1. The minimum Gasteiger partial charge on any atom is -0.480 e. The molecular weight excluding hydrogens is 325 g/mol. The summed E-state index contributed by atoms with van der Waals surface area (Å²) >= 11 is 0. The summed E-state index contributed by atoms with van der Waals surface area (Å²) in [7, 11) is -3.32. The zero-order chi connectivity index (χ0) is 17.3. The first-order valence-corrected chi connectivity index (χ1v) is 9.18. The van der Waals surface area contributed by atoms with Crippen LogP contribution in [-0.4, -0.2) is 43.5 Å². The van der Waals surface area contributed by atoms with Crippen LogP contribution in [0.5, 0.6) is 0 Å². The molecule has 1 aromatic carbocycles. The zero-order valence-electron chi connectivity index (χ0n) is 12.6. The molecule has 8 heteroatoms. The van der Waals surface area contributed by atoms with Gasteiger partial charge in [-0.05, 0) is 37.0 Å². The predicted molar refractivity (Wildman–Crippen MR) is 81.2 cm³/mol. The molecule has 6 nitrogen and oxygen atoms in total. The first-order valence-electron chi connectivity index (χ1n) is 7.12. The standard InChI is InChI=1S/C15H18FNO5S/c1-23(21,22)9-6-12(13(18)19)17-14(20)15(7-8-15)10-2-4-11(16)5-3-10/h2-5,12H,6-9H2,1H3,(H,17,20)(H,18,19)/t12-/m1/s1. The van der Waals surface area contributed by atoms with Crippen LogP contribution in [0.2, 0.25) is 0 Å². The fraction of sp³-hybridized carbons (Fsp3) is 0.467. The van der Waals surface area contributed by atoms with Gasteiger partial charge in [0.15, 0.2) is 0 Å². The van der Waals surface area contributed by atoms with Crippen molar-refractivity contribution in [2.75, 3.05) is 12.0 Å². The summed E-state index contributed by atoms with van der Waals surface area (Å²) in [5.41, 5.74) is -0.212. The molecule has 1 aliphatic rings. The molecular formula is C15H18FNO5S. The molecule has 0 heterocycles. The number of carbonyl (C=O) groups is 2. The van der Waals surface area contributed by atoms with Crippen LogP contribution >= 0.6 is 0 Å². The van der Waals surface area contributed by atoms with Gasteiger partial charge in [0.05, 0.1) is 11.2 Å². The van der Waals surface area contributed by atoms with Crippen LogP contribution in [-0.2, 0) is 24.8 Å². The van der Waals surface area contributed by atoms with Crippen LogP contribution in [0.4, 0.5) is 4.39 Å². The number of carboxylic acids is 1. The van der Waals surface area contributed by atoms with E-state index in [-0.39, 0.29) is 12.2 Å². The van der Waals surface area contributed by atoms with Crippen LogP contribution in [0.1, 0.15) is 24.8 Å². The van der Waals surface area contributed by atoms with Crippen LogP contribution in [0, 0.1) is 5.82 Å². The number of benzene rings is 1. The average molecular weight is 343 g/mol. The van der Waals surface area contributed by atoms with Crippen LogP contribution in [0.25, 0.3) is 0 Å². The molecule has 1 amide bonds. The summed E-state index contributed by atoms with van der Waals surface area (Å²) < 4.78 is 35.3. The van der Waals surface area contributed by atoms with Gasteiger partial charge in [0.25, 0.3) is 0 Å². The maximum atomic E-state index is 13.0. The van der Waals surface area contributed by atoms with Gasteiger partial charge in [0, 0.05) is 6.26 Å². The van der Waals surface area contributed by atoms with E-state index in [1.807, 2.05) is 0 Å². The van der Waals surface area contributed by atoms with E-state index >= 15 is 0 Å². The fourth-order valence-corrected chi connectivity index (χ4v) is 3.09. The van der Waals surface area contributed by atoms with Crippen molar-refractivity contribution < 1.29 is 27.5 Å². The highest BCUT2D eigenvalue weighted by Gasteiger charge is 2.51. The van der Waals surface area contributed by atoms with E-state index in [4.69, 9.17) is 5.11 Å². The zero-order valence-corrected chi connectivity index (χ0v) is 13.4. The molecule has 1 aromatic rings. The van der Waals surface area contributed by atoms with Gasteiger partial charge in [0.1, 0.15) is 21.7 Å². The number of hydrogen-bond donors (Lipinski definition) is 2. The van der Waals surface area contributed by atoms with Crippen molar-refractivity contribution >= 4 is 21.7 Å². The number of sulfone groups is 1. The first-order chi connectivity index (χ1) is 10.6. The number of carboxylic acid groups (broad SMARTS) is 1. The molecule has 23 heavy (non-hydrogen) atoms. The molecule has 0 spiro atoms. The van der Waals surface area contributed by atoms with E-state index in [1.54, 1.807) is 0 Å². The number of hydrogen-bond acceptors (Lipinski definition) is 4. The topological polar surface area (TPSA) is 101 Å². The van der Waals surface area contributed by atoms with Gasteiger partial charge in [-0.25, -0.2) is 17.6 Å². The highest BCUT2D eigenvalue weighted by Crippen LogP contribution is 2.48. The molecule has 0 aromatic heterocycles. The van der Waals surface area contributed by atoms with Crippen molar-refractivity contribution in [3.05, 3.63) is 35.6 Å². The maximum absolute atomic E-state index is 13.0. The van der Waals surface area contributed by atoms with E-state index in [0.717, 1.165) is 6.26 Å². The van der Waals surface area contributed by atoms with Crippen LogP contribution in [0.3, 0.4) is 0 Å². The quantitative estimate of drug-likeness (QED) is 0.765. The molecule has 0 unspecified atom stereocenters. The SMILES string of the molecule is CS(=O)(=O)CC[C@@H](NC(=O)C1(c2ccc(F)cc2)CC1)C(=O)O. The summed E-state index contributed by atoms with van der Waals surface area (Å²) in [5, 5.41) is 11.6. The lowest BCUT2D eigenvalue weighted by Crippen LogP contribution is -2.46. The average Bonchev–Trinajstić information content (AvgIpc) is 3.24. The van der Waals surface area contributed by atoms with E-state index < -0.39 is 39.0 Å². The molecule has 1 saturated carbocycles. The third kappa shape index (κ3) is 4.28. The summed E-state index contributed by atoms with van der Waals surface area (Å²) in [4.78, 5) is 23.7. The number of halogens is 1. The summed E-state index contributed by atoms with van der Waals surface area (Å²) in [6.45, 7) is 0. The number of amides is 1.